The van der Waals surface area contributed by atoms with Crippen molar-refractivity contribution in [2.24, 2.45) is 0 Å². The number of benzene rings is 2. The van der Waals surface area contributed by atoms with E-state index < -0.39 is 5.82 Å². The van der Waals surface area contributed by atoms with E-state index in [4.69, 9.17) is 10.5 Å². The summed E-state index contributed by atoms with van der Waals surface area (Å²) in [6.45, 7) is 1.78. The lowest BCUT2D eigenvalue weighted by molar-refractivity contribution is 0.104. The summed E-state index contributed by atoms with van der Waals surface area (Å²) in [5.41, 5.74) is 6.97. The minimum absolute atomic E-state index is 0.122. The number of carbonyl (C=O) groups is 1. The summed E-state index contributed by atoms with van der Waals surface area (Å²) in [5.74, 6) is 0.110. The molecule has 1 atom stereocenters. The molecule has 0 bridgehead atoms. The molecule has 0 aliphatic carbocycles. The molecule has 156 valence electrons. The van der Waals surface area contributed by atoms with Crippen LogP contribution in [0, 0.1) is 5.82 Å². The van der Waals surface area contributed by atoms with Gasteiger partial charge in [0.1, 0.15) is 22.3 Å². The first-order valence-electron chi connectivity index (χ1n) is 9.88. The van der Waals surface area contributed by atoms with Gasteiger partial charge in [-0.3, -0.25) is 4.79 Å². The van der Waals surface area contributed by atoms with Gasteiger partial charge in [-0.1, -0.05) is 23.5 Å². The zero-order valence-corrected chi connectivity index (χ0v) is 17.2. The molecule has 1 aliphatic rings. The van der Waals surface area contributed by atoms with E-state index in [0.717, 1.165) is 35.7 Å². The Morgan fingerprint density at radius 1 is 1.30 bits per heavy atom. The highest BCUT2D eigenvalue weighted by molar-refractivity contribution is 7.18. The van der Waals surface area contributed by atoms with Gasteiger partial charge in [-0.2, -0.15) is 0 Å². The second-order valence-electron chi connectivity index (χ2n) is 7.15. The van der Waals surface area contributed by atoms with Crippen LogP contribution in [-0.4, -0.2) is 30.0 Å². The molecule has 3 aromatic rings. The first-order chi connectivity index (χ1) is 14.6. The van der Waals surface area contributed by atoms with Crippen molar-refractivity contribution in [2.75, 3.05) is 24.2 Å². The van der Waals surface area contributed by atoms with Crippen molar-refractivity contribution in [3.63, 3.8) is 0 Å². The van der Waals surface area contributed by atoms with Crippen molar-refractivity contribution in [1.29, 1.82) is 0 Å². The van der Waals surface area contributed by atoms with E-state index in [-0.39, 0.29) is 22.0 Å². The smallest absolute Gasteiger partial charge is 0.206 e. The van der Waals surface area contributed by atoms with Crippen LogP contribution in [0.15, 0.2) is 48.5 Å². The van der Waals surface area contributed by atoms with Gasteiger partial charge in [-0.05, 0) is 62.2 Å². The fourth-order valence-corrected chi connectivity index (χ4v) is 4.26. The number of nitrogens with one attached hydrogen (secondary N) is 2. The van der Waals surface area contributed by atoms with Gasteiger partial charge in [0.2, 0.25) is 5.78 Å². The summed E-state index contributed by atoms with van der Waals surface area (Å²) in [6.07, 6.45) is 3.45. The van der Waals surface area contributed by atoms with E-state index in [1.807, 2.05) is 24.3 Å². The van der Waals surface area contributed by atoms with Gasteiger partial charge in [-0.15, -0.1) is 0 Å². The number of anilines is 3. The molecule has 1 saturated heterocycles. The van der Waals surface area contributed by atoms with Crippen molar-refractivity contribution in [3.05, 3.63) is 64.8 Å². The molecule has 2 heterocycles. The molecule has 6 nitrogen and oxygen atoms in total. The summed E-state index contributed by atoms with van der Waals surface area (Å²) in [4.78, 5) is 17.1. The van der Waals surface area contributed by atoms with Gasteiger partial charge >= 0.3 is 0 Å². The van der Waals surface area contributed by atoms with Gasteiger partial charge in [-0.25, -0.2) is 9.37 Å². The Morgan fingerprint density at radius 2 is 2.13 bits per heavy atom. The average Bonchev–Trinajstić information content (AvgIpc) is 3.38. The maximum absolute atomic E-state index is 13.4. The Hall–Kier alpha value is -2.97. The predicted octanol–water partition coefficient (Wildman–Crippen LogP) is 4.36. The molecule has 4 rings (SSSR count). The van der Waals surface area contributed by atoms with E-state index in [1.165, 1.54) is 31.0 Å². The number of aromatic nitrogens is 1. The van der Waals surface area contributed by atoms with E-state index >= 15 is 0 Å². The van der Waals surface area contributed by atoms with Crippen molar-refractivity contribution in [3.8, 4) is 5.75 Å². The zero-order valence-electron chi connectivity index (χ0n) is 16.4. The summed E-state index contributed by atoms with van der Waals surface area (Å²) < 4.78 is 19.2. The Balaban J connectivity index is 1.36. The number of hydrogen-bond acceptors (Lipinski definition) is 7. The predicted molar refractivity (Wildman–Crippen MR) is 117 cm³/mol. The number of thiazole rings is 1. The van der Waals surface area contributed by atoms with Crippen molar-refractivity contribution < 1.29 is 13.9 Å². The number of ether oxygens (including phenoxy) is 1. The van der Waals surface area contributed by atoms with E-state index in [9.17, 15) is 9.18 Å². The monoisotopic (exact) mass is 426 g/mol. The van der Waals surface area contributed by atoms with Crippen LogP contribution in [0.5, 0.6) is 5.75 Å². The second kappa shape index (κ2) is 9.23. The number of carbonyl (C=O) groups excluding carboxylic acids is 1. The molecule has 0 amide bonds. The highest BCUT2D eigenvalue weighted by Gasteiger charge is 2.18. The SMILES string of the molecule is Nc1nc(Nc2ccc(OCCC3CCCN3)cc2)sc1C(=O)c1cccc(F)c1. The Labute approximate surface area is 178 Å². The maximum atomic E-state index is 13.4. The third-order valence-corrected chi connectivity index (χ3v) is 5.93. The summed E-state index contributed by atoms with van der Waals surface area (Å²) >= 11 is 1.14. The molecule has 2 aromatic carbocycles. The molecule has 8 heteroatoms. The Morgan fingerprint density at radius 3 is 2.87 bits per heavy atom. The topological polar surface area (TPSA) is 89.3 Å². The molecule has 4 N–H and O–H groups in total. The van der Waals surface area contributed by atoms with Crippen LogP contribution in [0.4, 0.5) is 21.0 Å². The lowest BCUT2D eigenvalue weighted by Crippen LogP contribution is -2.23. The van der Waals surface area contributed by atoms with E-state index in [1.54, 1.807) is 6.07 Å². The first-order valence-corrected chi connectivity index (χ1v) is 10.7. The molecule has 0 saturated carbocycles. The highest BCUT2D eigenvalue weighted by Crippen LogP contribution is 2.30. The molecule has 0 spiro atoms. The molecule has 1 unspecified atom stereocenters. The average molecular weight is 427 g/mol. The summed E-state index contributed by atoms with van der Waals surface area (Å²) in [7, 11) is 0. The van der Waals surface area contributed by atoms with Crippen molar-refractivity contribution in [2.45, 2.75) is 25.3 Å². The van der Waals surface area contributed by atoms with Crippen LogP contribution in [0.1, 0.15) is 34.5 Å². The molecular formula is C22H23FN4O2S. The summed E-state index contributed by atoms with van der Waals surface area (Å²) in [5, 5.41) is 7.10. The van der Waals surface area contributed by atoms with Crippen molar-refractivity contribution >= 4 is 33.8 Å². The highest BCUT2D eigenvalue weighted by atomic mass is 32.1. The number of nitrogens with zero attached hydrogens (tertiary/aromatic N) is 1. The van der Waals surface area contributed by atoms with Crippen LogP contribution < -0.4 is 21.1 Å². The van der Waals surface area contributed by atoms with Gasteiger partial charge in [0, 0.05) is 17.3 Å². The minimum atomic E-state index is -0.468. The Kier molecular flexibility index (Phi) is 6.25. The first kappa shape index (κ1) is 20.3. The Bertz CT molecular complexity index is 1020. The van der Waals surface area contributed by atoms with Crippen LogP contribution in [-0.2, 0) is 0 Å². The molecule has 1 fully saturated rings. The van der Waals surface area contributed by atoms with Gasteiger partial charge in [0.05, 0.1) is 6.61 Å². The number of hydrogen-bond donors (Lipinski definition) is 3. The van der Waals surface area contributed by atoms with Gasteiger partial charge in [0.15, 0.2) is 5.13 Å². The quantitative estimate of drug-likeness (QED) is 0.464. The molecule has 1 aliphatic heterocycles. The van der Waals surface area contributed by atoms with Crippen LogP contribution >= 0.6 is 11.3 Å². The fraction of sp³-hybridized carbons (Fsp3) is 0.273. The number of nitrogen functional groups attached to an aromatic ring is 1. The molecule has 0 radical (unpaired) electrons. The second-order valence-corrected chi connectivity index (χ2v) is 8.15. The standard InChI is InChI=1S/C22H23FN4O2S/c23-15-4-1-3-14(13-15)19(28)20-21(24)27-22(30-20)26-17-6-8-18(9-7-17)29-12-10-16-5-2-11-25-16/h1,3-4,6-9,13,16,25H,2,5,10-12,24H2,(H,26,27). The van der Waals surface area contributed by atoms with Gasteiger partial charge in [0.25, 0.3) is 0 Å². The van der Waals surface area contributed by atoms with Gasteiger partial charge < -0.3 is 21.1 Å². The number of rotatable bonds is 8. The summed E-state index contributed by atoms with van der Waals surface area (Å²) in [6, 6.07) is 13.6. The van der Waals surface area contributed by atoms with E-state index in [2.05, 4.69) is 15.6 Å². The normalized spacial score (nSPS) is 15.8. The lowest BCUT2D eigenvalue weighted by Gasteiger charge is -2.11. The van der Waals surface area contributed by atoms with E-state index in [0.29, 0.717) is 17.8 Å². The van der Waals surface area contributed by atoms with Crippen molar-refractivity contribution in [1.82, 2.24) is 10.3 Å². The minimum Gasteiger partial charge on any atom is -0.494 e. The molecule has 1 aromatic heterocycles. The fourth-order valence-electron chi connectivity index (χ4n) is 3.39. The molecule has 30 heavy (non-hydrogen) atoms. The maximum Gasteiger partial charge on any atom is 0.206 e. The number of ketones is 1. The zero-order chi connectivity index (χ0) is 20.9. The third kappa shape index (κ3) is 4.95. The number of nitrogens with two attached hydrogens (primary N) is 1. The molecular weight excluding hydrogens is 403 g/mol. The third-order valence-electron chi connectivity index (χ3n) is 4.95. The number of halogens is 1. The van der Waals surface area contributed by atoms with Crippen LogP contribution in [0.3, 0.4) is 0 Å². The van der Waals surface area contributed by atoms with Crippen LogP contribution in [0.2, 0.25) is 0 Å². The lowest BCUT2D eigenvalue weighted by atomic mass is 10.1. The van der Waals surface area contributed by atoms with Crippen LogP contribution in [0.25, 0.3) is 0 Å². The largest absolute Gasteiger partial charge is 0.494 e.